The first-order valence-corrected chi connectivity index (χ1v) is 2.86. The highest BCUT2D eigenvalue weighted by atomic mass is 35.5. The molecule has 0 heterocycles. The van der Waals surface area contributed by atoms with Gasteiger partial charge in [-0.3, -0.25) is 0 Å². The molecule has 3 heteroatoms. The topological polar surface area (TPSA) is 22.3 Å². The molecule has 0 fully saturated rings. The van der Waals surface area contributed by atoms with Crippen molar-refractivity contribution in [1.82, 2.24) is 5.41 Å². The van der Waals surface area contributed by atoms with Gasteiger partial charge < -0.3 is 12.4 Å². The van der Waals surface area contributed by atoms with E-state index in [9.17, 15) is 0 Å². The zero-order valence-electron chi connectivity index (χ0n) is 4.77. The van der Waals surface area contributed by atoms with Crippen molar-refractivity contribution >= 4 is 17.8 Å². The Hall–Kier alpha value is 0.250. The number of nitrogens with zero attached hydrogens (tertiary/aromatic N) is 1. The number of rotatable bonds is 3. The van der Waals surface area contributed by atoms with Gasteiger partial charge in [-0.15, -0.1) is 11.6 Å². The van der Waals surface area contributed by atoms with Crippen molar-refractivity contribution in [2.75, 3.05) is 0 Å². The van der Waals surface area contributed by atoms with Gasteiger partial charge >= 0.3 is 11.6 Å². The quantitative estimate of drug-likeness (QED) is 0.340. The zero-order valence-corrected chi connectivity index (χ0v) is 6.28. The average Bonchev–Trinajstić information content (AvgIpc) is 1.68. The Morgan fingerprint density at radius 3 is 2.38 bits per heavy atom. The van der Waals surface area contributed by atoms with Crippen molar-refractivity contribution < 1.29 is 12.4 Å². The van der Waals surface area contributed by atoms with Gasteiger partial charge in [0.2, 0.25) is 0 Å². The summed E-state index contributed by atoms with van der Waals surface area (Å²) in [7, 11) is 0. The van der Waals surface area contributed by atoms with Crippen molar-refractivity contribution in [3.8, 4) is 0 Å². The summed E-state index contributed by atoms with van der Waals surface area (Å²) < 4.78 is 0. The molecule has 0 saturated carbocycles. The van der Waals surface area contributed by atoms with E-state index in [4.69, 9.17) is 17.0 Å². The molecule has 1 atom stereocenters. The standard InChI is InChI=1S/C5H9ClN.ClH/c1-2-3-5(6)4-7;/h4-5H,2-3H2,1H3;1H/q+1;/p-1. The van der Waals surface area contributed by atoms with Crippen LogP contribution in [0.3, 0.4) is 0 Å². The molecule has 0 aliphatic rings. The number of halogens is 2. The molecule has 2 radical (unpaired) electrons. The van der Waals surface area contributed by atoms with Crippen molar-refractivity contribution in [1.29, 1.82) is 0 Å². The first-order chi connectivity index (χ1) is 3.31. The van der Waals surface area contributed by atoms with E-state index in [1.54, 1.807) is 0 Å². The molecule has 8 heavy (non-hydrogen) atoms. The Kier molecular flexibility index (Phi) is 10.1. The fourth-order valence-corrected chi connectivity index (χ4v) is 0.569. The lowest BCUT2D eigenvalue weighted by atomic mass is 10.3. The monoisotopic (exact) mass is 153 g/mol. The summed E-state index contributed by atoms with van der Waals surface area (Å²) in [6, 6.07) is 0. The van der Waals surface area contributed by atoms with Crippen LogP contribution in [0.4, 0.5) is 0 Å². The van der Waals surface area contributed by atoms with Gasteiger partial charge in [-0.25, -0.2) is 0 Å². The Morgan fingerprint density at radius 1 is 1.75 bits per heavy atom. The van der Waals surface area contributed by atoms with Crippen molar-refractivity contribution in [3.05, 3.63) is 0 Å². The van der Waals surface area contributed by atoms with Gasteiger partial charge in [-0.05, 0) is 6.42 Å². The highest BCUT2D eigenvalue weighted by Gasteiger charge is 2.02. The molecule has 0 rings (SSSR count). The van der Waals surface area contributed by atoms with Crippen LogP contribution in [0.2, 0.25) is 0 Å². The minimum atomic E-state index is -0.148. The van der Waals surface area contributed by atoms with Crippen molar-refractivity contribution in [2.24, 2.45) is 0 Å². The van der Waals surface area contributed by atoms with Crippen LogP contribution in [0.1, 0.15) is 19.8 Å². The molecular weight excluding hydrogens is 145 g/mol. The average molecular weight is 154 g/mol. The number of hydrogen-bond donors (Lipinski definition) is 0. The molecule has 0 aromatic rings. The van der Waals surface area contributed by atoms with Crippen LogP contribution in [0.5, 0.6) is 0 Å². The fraction of sp³-hybridized carbons (Fsp3) is 0.800. The maximum absolute atomic E-state index is 8.21. The van der Waals surface area contributed by atoms with E-state index in [1.807, 2.05) is 6.92 Å². The van der Waals surface area contributed by atoms with Crippen LogP contribution >= 0.6 is 11.6 Å². The van der Waals surface area contributed by atoms with Crippen LogP contribution in [0.25, 0.3) is 0 Å². The second-order valence-electron chi connectivity index (χ2n) is 1.45. The molecule has 0 aliphatic carbocycles. The first-order valence-electron chi connectivity index (χ1n) is 2.43. The van der Waals surface area contributed by atoms with Crippen LogP contribution in [-0.4, -0.2) is 11.6 Å². The normalized spacial score (nSPS) is 11.8. The third-order valence-corrected chi connectivity index (χ3v) is 1.06. The summed E-state index contributed by atoms with van der Waals surface area (Å²) in [4.78, 5) is 0. The lowest BCUT2D eigenvalue weighted by molar-refractivity contribution is -0.00000162. The largest absolute Gasteiger partial charge is 1.00 e. The maximum Gasteiger partial charge on any atom is 0.415 e. The summed E-state index contributed by atoms with van der Waals surface area (Å²) in [5.74, 6) is 0. The van der Waals surface area contributed by atoms with Gasteiger partial charge in [-0.1, -0.05) is 13.3 Å². The van der Waals surface area contributed by atoms with Gasteiger partial charge in [0.25, 0.3) is 0 Å². The van der Waals surface area contributed by atoms with Crippen LogP contribution in [0, 0.1) is 0 Å². The molecule has 1 unspecified atom stereocenters. The Morgan fingerprint density at radius 2 is 2.25 bits per heavy atom. The van der Waals surface area contributed by atoms with Gasteiger partial charge in [0.05, 0.1) is 0 Å². The Labute approximate surface area is 61.3 Å². The SMILES string of the molecule is CCCC(Cl)C=[N+].[Cl-]. The lowest BCUT2D eigenvalue weighted by Crippen LogP contribution is -3.00. The summed E-state index contributed by atoms with van der Waals surface area (Å²) in [6.07, 6.45) is 2.90. The molecule has 0 spiro atoms. The summed E-state index contributed by atoms with van der Waals surface area (Å²) in [5.41, 5.74) is 0. The van der Waals surface area contributed by atoms with E-state index in [-0.39, 0.29) is 17.8 Å². The summed E-state index contributed by atoms with van der Waals surface area (Å²) in [5, 5.41) is 8.06. The van der Waals surface area contributed by atoms with Gasteiger partial charge in [-0.2, -0.15) is 0 Å². The smallest absolute Gasteiger partial charge is 0.415 e. The van der Waals surface area contributed by atoms with E-state index in [0.717, 1.165) is 19.1 Å². The van der Waals surface area contributed by atoms with Gasteiger partial charge in [0, 0.05) is 0 Å². The summed E-state index contributed by atoms with van der Waals surface area (Å²) >= 11 is 5.46. The van der Waals surface area contributed by atoms with E-state index in [2.05, 4.69) is 0 Å². The maximum atomic E-state index is 8.21. The van der Waals surface area contributed by atoms with Gasteiger partial charge in [0.1, 0.15) is 5.38 Å². The third kappa shape index (κ3) is 6.25. The second kappa shape index (κ2) is 7.25. The second-order valence-corrected chi connectivity index (χ2v) is 2.01. The number of alkyl halides is 1. The summed E-state index contributed by atoms with van der Waals surface area (Å²) in [6.45, 7) is 2.03. The third-order valence-electron chi connectivity index (χ3n) is 0.726. The lowest BCUT2D eigenvalue weighted by Gasteiger charge is -1.88. The molecule has 0 aliphatic heterocycles. The van der Waals surface area contributed by atoms with Crippen LogP contribution < -0.4 is 17.8 Å². The van der Waals surface area contributed by atoms with Crippen molar-refractivity contribution in [2.45, 2.75) is 25.1 Å². The van der Waals surface area contributed by atoms with E-state index < -0.39 is 0 Å². The van der Waals surface area contributed by atoms with Crippen LogP contribution in [-0.2, 0) is 0 Å². The molecule has 0 amide bonds. The molecule has 0 bridgehead atoms. The molecule has 1 nitrogen and oxygen atoms in total. The predicted octanol–water partition coefficient (Wildman–Crippen LogP) is -1.73. The van der Waals surface area contributed by atoms with E-state index in [1.165, 1.54) is 0 Å². The van der Waals surface area contributed by atoms with Crippen LogP contribution in [0.15, 0.2) is 0 Å². The van der Waals surface area contributed by atoms with Gasteiger partial charge in [0.15, 0.2) is 0 Å². The fourth-order valence-electron chi connectivity index (χ4n) is 0.350. The highest BCUT2D eigenvalue weighted by molar-refractivity contribution is 6.27. The molecule has 0 saturated heterocycles. The van der Waals surface area contributed by atoms with E-state index >= 15 is 0 Å². The predicted molar refractivity (Wildman–Crippen MR) is 32.7 cm³/mol. The molecule has 0 N–H and O–H groups in total. The Balaban J connectivity index is 0. The minimum absolute atomic E-state index is 0. The van der Waals surface area contributed by atoms with E-state index in [0.29, 0.717) is 0 Å². The molecule has 0 aromatic heterocycles. The number of hydrogen-bond acceptors (Lipinski definition) is 0. The molecule has 48 valence electrons. The minimum Gasteiger partial charge on any atom is -1.00 e. The molecular formula is C5H9Cl2N. The first kappa shape index (κ1) is 11.1. The Bertz CT molecular complexity index is 56.4. The zero-order chi connectivity index (χ0) is 5.70. The van der Waals surface area contributed by atoms with Crippen molar-refractivity contribution in [3.63, 3.8) is 0 Å². The highest BCUT2D eigenvalue weighted by Crippen LogP contribution is 1.99. The molecule has 0 aromatic carbocycles.